The van der Waals surface area contributed by atoms with Crippen LogP contribution in [0.25, 0.3) is 11.3 Å². The van der Waals surface area contributed by atoms with Crippen LogP contribution < -0.4 is 10.6 Å². The van der Waals surface area contributed by atoms with E-state index in [4.69, 9.17) is 0 Å². The summed E-state index contributed by atoms with van der Waals surface area (Å²) in [6, 6.07) is 7.91. The van der Waals surface area contributed by atoms with Crippen LogP contribution in [0, 0.1) is 6.92 Å². The molecule has 0 saturated carbocycles. The molecule has 5 heterocycles. The lowest BCUT2D eigenvalue weighted by molar-refractivity contribution is -0.136. The zero-order chi connectivity index (χ0) is 25.0. The van der Waals surface area contributed by atoms with E-state index in [0.29, 0.717) is 34.8 Å². The Balaban J connectivity index is 1.19. The van der Waals surface area contributed by atoms with Gasteiger partial charge in [-0.25, -0.2) is 14.2 Å². The van der Waals surface area contributed by atoms with Crippen molar-refractivity contribution in [2.24, 2.45) is 0 Å². The summed E-state index contributed by atoms with van der Waals surface area (Å²) in [7, 11) is 0. The molecule has 1 unspecified atom stereocenters. The number of pyridine rings is 1. The van der Waals surface area contributed by atoms with Gasteiger partial charge in [0, 0.05) is 18.5 Å². The molecule has 4 aromatic rings. The average molecular weight is 485 g/mol. The number of hydrogen-bond acceptors (Lipinski definition) is 8. The molecule has 36 heavy (non-hydrogen) atoms. The summed E-state index contributed by atoms with van der Waals surface area (Å²) in [5.74, 6) is -0.875. The van der Waals surface area contributed by atoms with E-state index in [2.05, 4.69) is 31.0 Å². The highest BCUT2D eigenvalue weighted by atomic mass is 16.2. The Hall–Kier alpha value is -4.94. The van der Waals surface area contributed by atoms with Crippen molar-refractivity contribution in [2.45, 2.75) is 32.4 Å². The molecule has 6 rings (SSSR count). The number of rotatable bonds is 4. The summed E-state index contributed by atoms with van der Waals surface area (Å²) in [5.41, 5.74) is 3.11. The second kappa shape index (κ2) is 8.08. The third kappa shape index (κ3) is 3.66. The number of nitrogens with zero attached hydrogens (tertiary/aromatic N) is 7. The van der Waals surface area contributed by atoms with Crippen LogP contribution in [0.2, 0.25) is 0 Å². The van der Waals surface area contributed by atoms with E-state index in [1.54, 1.807) is 48.0 Å². The molecule has 13 heteroatoms. The van der Waals surface area contributed by atoms with Crippen molar-refractivity contribution >= 4 is 35.0 Å². The van der Waals surface area contributed by atoms with Crippen molar-refractivity contribution < 1.29 is 19.2 Å². The Morgan fingerprint density at radius 2 is 2.00 bits per heavy atom. The lowest BCUT2D eigenvalue weighted by Crippen LogP contribution is -2.52. The smallest absolute Gasteiger partial charge is 0.277 e. The highest BCUT2D eigenvalue weighted by Crippen LogP contribution is 2.29. The van der Waals surface area contributed by atoms with E-state index in [0.717, 1.165) is 5.56 Å². The maximum absolute atomic E-state index is 12.9. The van der Waals surface area contributed by atoms with Crippen LogP contribution in [0.3, 0.4) is 0 Å². The Labute approximate surface area is 203 Å². The number of aryl methyl sites for hydroxylation is 1. The van der Waals surface area contributed by atoms with Crippen molar-refractivity contribution in [3.05, 3.63) is 65.4 Å². The molecule has 0 aliphatic carbocycles. The zero-order valence-corrected chi connectivity index (χ0v) is 19.0. The largest absolute Gasteiger partial charge is 0.322 e. The van der Waals surface area contributed by atoms with Crippen LogP contribution in [0.1, 0.15) is 45.1 Å². The van der Waals surface area contributed by atoms with Gasteiger partial charge in [0.2, 0.25) is 11.8 Å². The average Bonchev–Trinajstić information content (AvgIpc) is 3.56. The molecule has 2 N–H and O–H groups in total. The Morgan fingerprint density at radius 1 is 1.14 bits per heavy atom. The van der Waals surface area contributed by atoms with Gasteiger partial charge in [0.15, 0.2) is 11.3 Å². The predicted molar refractivity (Wildman–Crippen MR) is 123 cm³/mol. The van der Waals surface area contributed by atoms with Crippen LogP contribution in [-0.2, 0) is 16.1 Å². The predicted octanol–water partition coefficient (Wildman–Crippen LogP) is 0.632. The Morgan fingerprint density at radius 3 is 2.83 bits per heavy atom. The van der Waals surface area contributed by atoms with Gasteiger partial charge in [0.1, 0.15) is 11.9 Å². The van der Waals surface area contributed by atoms with Gasteiger partial charge >= 0.3 is 0 Å². The minimum absolute atomic E-state index is 0.103. The van der Waals surface area contributed by atoms with E-state index >= 15 is 0 Å². The van der Waals surface area contributed by atoms with Gasteiger partial charge < -0.3 is 10.2 Å². The monoisotopic (exact) mass is 485 g/mol. The van der Waals surface area contributed by atoms with Crippen LogP contribution >= 0.6 is 0 Å². The van der Waals surface area contributed by atoms with E-state index in [-0.39, 0.29) is 30.5 Å². The number of carbonyl (C=O) groups excluding carboxylic acids is 4. The summed E-state index contributed by atoms with van der Waals surface area (Å²) in [6.45, 7) is 2.02. The number of amides is 4. The Kier molecular flexibility index (Phi) is 4.84. The molecule has 0 bridgehead atoms. The molecular formula is C23H19N9O4. The lowest BCUT2D eigenvalue weighted by atomic mass is 10.0. The molecule has 2 aliphatic rings. The molecule has 3 aromatic heterocycles. The normalized spacial score (nSPS) is 17.4. The number of imide groups is 1. The minimum Gasteiger partial charge on any atom is -0.322 e. The zero-order valence-electron chi connectivity index (χ0n) is 19.0. The number of aromatic nitrogens is 6. The van der Waals surface area contributed by atoms with E-state index < -0.39 is 17.9 Å². The molecule has 1 saturated heterocycles. The van der Waals surface area contributed by atoms with Crippen molar-refractivity contribution in [2.75, 3.05) is 5.32 Å². The molecular weight excluding hydrogens is 466 g/mol. The first-order chi connectivity index (χ1) is 17.4. The number of nitrogens with one attached hydrogen (secondary N) is 2. The first-order valence-corrected chi connectivity index (χ1v) is 11.2. The van der Waals surface area contributed by atoms with Crippen LogP contribution in [0.4, 0.5) is 5.69 Å². The first kappa shape index (κ1) is 21.6. The number of fused-ring (bicyclic) bond motifs is 2. The quantitative estimate of drug-likeness (QED) is 0.399. The molecule has 2 aliphatic heterocycles. The maximum Gasteiger partial charge on any atom is 0.277 e. The molecule has 0 spiro atoms. The van der Waals surface area contributed by atoms with E-state index in [1.165, 1.54) is 15.8 Å². The van der Waals surface area contributed by atoms with Gasteiger partial charge in [-0.1, -0.05) is 5.21 Å². The first-order valence-electron chi connectivity index (χ1n) is 11.2. The molecule has 180 valence electrons. The Bertz CT molecular complexity index is 1590. The standard InChI is InChI=1S/C23H19N9O4/c1-12-24-19-6-2-14(10-32(19)28-12)25-21(34)17-11-31(29-27-17)15-3-4-16-13(8-15)9-30(23(16)36)18-5-7-20(33)26-22(18)35/h2-4,6,8,10-11,18H,5,7,9H2,1H3,(H,25,34)(H,26,33,35). The van der Waals surface area contributed by atoms with Crippen LogP contribution in [0.5, 0.6) is 0 Å². The van der Waals surface area contributed by atoms with Gasteiger partial charge in [-0.3, -0.25) is 24.5 Å². The van der Waals surface area contributed by atoms with E-state index in [9.17, 15) is 19.2 Å². The number of carbonyl (C=O) groups is 4. The second-order valence-corrected chi connectivity index (χ2v) is 8.62. The number of hydrogen-bond donors (Lipinski definition) is 2. The summed E-state index contributed by atoms with van der Waals surface area (Å²) >= 11 is 0. The second-order valence-electron chi connectivity index (χ2n) is 8.62. The third-order valence-electron chi connectivity index (χ3n) is 6.19. The van der Waals surface area contributed by atoms with Crippen molar-refractivity contribution in [3.8, 4) is 5.69 Å². The SMILES string of the molecule is Cc1nc2ccc(NC(=O)c3cn(-c4ccc5c(c4)CN(C4CCC(=O)NC4=O)C5=O)nn3)cn2n1. The van der Waals surface area contributed by atoms with Crippen molar-refractivity contribution in [1.29, 1.82) is 0 Å². The minimum atomic E-state index is -0.687. The van der Waals surface area contributed by atoms with E-state index in [1.807, 2.05) is 0 Å². The molecule has 4 amide bonds. The maximum atomic E-state index is 12.9. The third-order valence-corrected chi connectivity index (χ3v) is 6.19. The van der Waals surface area contributed by atoms with Gasteiger partial charge in [0.05, 0.1) is 23.8 Å². The van der Waals surface area contributed by atoms with Crippen LogP contribution in [-0.4, -0.2) is 64.2 Å². The summed E-state index contributed by atoms with van der Waals surface area (Å²) < 4.78 is 3.02. The topological polar surface area (TPSA) is 156 Å². The number of anilines is 1. The summed E-state index contributed by atoms with van der Waals surface area (Å²) in [5, 5.41) is 17.3. The molecule has 1 fully saturated rings. The fraction of sp³-hybridized carbons (Fsp3) is 0.217. The molecule has 1 aromatic carbocycles. The fourth-order valence-corrected chi connectivity index (χ4v) is 4.46. The van der Waals surface area contributed by atoms with Gasteiger partial charge in [-0.15, -0.1) is 5.10 Å². The lowest BCUT2D eigenvalue weighted by Gasteiger charge is -2.29. The summed E-state index contributed by atoms with van der Waals surface area (Å²) in [6.07, 6.45) is 3.63. The summed E-state index contributed by atoms with van der Waals surface area (Å²) in [4.78, 5) is 55.0. The van der Waals surface area contributed by atoms with Crippen molar-refractivity contribution in [1.82, 2.24) is 39.8 Å². The fourth-order valence-electron chi connectivity index (χ4n) is 4.46. The van der Waals surface area contributed by atoms with Gasteiger partial charge in [-0.05, 0) is 49.2 Å². The molecule has 1 atom stereocenters. The highest BCUT2D eigenvalue weighted by molar-refractivity contribution is 6.05. The number of benzene rings is 1. The molecule has 0 radical (unpaired) electrons. The van der Waals surface area contributed by atoms with Crippen molar-refractivity contribution in [3.63, 3.8) is 0 Å². The molecule has 13 nitrogen and oxygen atoms in total. The van der Waals surface area contributed by atoms with Gasteiger partial charge in [-0.2, -0.15) is 5.10 Å². The van der Waals surface area contributed by atoms with Gasteiger partial charge in [0.25, 0.3) is 11.8 Å². The number of piperidine rings is 1. The van der Waals surface area contributed by atoms with Crippen LogP contribution in [0.15, 0.2) is 42.7 Å². The highest BCUT2D eigenvalue weighted by Gasteiger charge is 2.39.